The number of alkyl halides is 3. The molecule has 1 aliphatic rings. The molecule has 1 amide bonds. The van der Waals surface area contributed by atoms with Crippen LogP contribution in [0.25, 0.3) is 0 Å². The lowest BCUT2D eigenvalue weighted by Crippen LogP contribution is -2.39. The van der Waals surface area contributed by atoms with Gasteiger partial charge < -0.3 is 10.2 Å². The molecule has 2 aromatic heterocycles. The van der Waals surface area contributed by atoms with E-state index in [0.29, 0.717) is 13.0 Å². The highest BCUT2D eigenvalue weighted by Gasteiger charge is 2.35. The summed E-state index contributed by atoms with van der Waals surface area (Å²) in [5, 5.41) is 10.3. The minimum absolute atomic E-state index is 0.136. The molecule has 3 rings (SSSR count). The largest absolute Gasteiger partial charge is 0.432 e. The molecular weight excluding hydrogens is 319 g/mol. The normalized spacial score (nSPS) is 18.7. The molecule has 0 saturated carbocycles. The van der Waals surface area contributed by atoms with Crippen LogP contribution < -0.4 is 10.2 Å². The van der Waals surface area contributed by atoms with E-state index in [4.69, 9.17) is 0 Å². The Hall–Kier alpha value is -2.10. The first-order valence-electron chi connectivity index (χ1n) is 6.55. The summed E-state index contributed by atoms with van der Waals surface area (Å²) < 4.78 is 37.5. The summed E-state index contributed by atoms with van der Waals surface area (Å²) >= 11 is 1.42. The first-order chi connectivity index (χ1) is 10.4. The van der Waals surface area contributed by atoms with Crippen molar-refractivity contribution >= 4 is 28.2 Å². The number of anilines is 2. The van der Waals surface area contributed by atoms with E-state index in [-0.39, 0.29) is 11.7 Å². The molecule has 1 saturated heterocycles. The number of rotatable bonds is 3. The van der Waals surface area contributed by atoms with Gasteiger partial charge in [0.05, 0.1) is 0 Å². The SMILES string of the molecule is O=C(Nc1cc(C(F)(F)F)[nH]n1)C1CCCN1c1nccs1. The smallest absolute Gasteiger partial charge is 0.336 e. The summed E-state index contributed by atoms with van der Waals surface area (Å²) in [4.78, 5) is 18.3. The fraction of sp³-hybridized carbons (Fsp3) is 0.417. The van der Waals surface area contributed by atoms with E-state index in [1.807, 2.05) is 15.4 Å². The number of aromatic amines is 1. The van der Waals surface area contributed by atoms with E-state index in [2.05, 4.69) is 15.4 Å². The highest BCUT2D eigenvalue weighted by atomic mass is 32.1. The molecule has 2 N–H and O–H groups in total. The number of aromatic nitrogens is 3. The van der Waals surface area contributed by atoms with Gasteiger partial charge in [-0.15, -0.1) is 11.3 Å². The zero-order valence-corrected chi connectivity index (χ0v) is 12.0. The second-order valence-corrected chi connectivity index (χ2v) is 5.69. The van der Waals surface area contributed by atoms with Crippen molar-refractivity contribution in [2.24, 2.45) is 0 Å². The van der Waals surface area contributed by atoms with Crippen LogP contribution in [-0.4, -0.2) is 33.7 Å². The fourth-order valence-electron chi connectivity index (χ4n) is 2.37. The zero-order chi connectivity index (χ0) is 15.7. The van der Waals surface area contributed by atoms with Gasteiger partial charge in [-0.1, -0.05) is 0 Å². The third kappa shape index (κ3) is 2.91. The van der Waals surface area contributed by atoms with Crippen molar-refractivity contribution < 1.29 is 18.0 Å². The van der Waals surface area contributed by atoms with E-state index in [9.17, 15) is 18.0 Å². The molecule has 1 fully saturated rings. The van der Waals surface area contributed by atoms with Crippen molar-refractivity contribution in [3.8, 4) is 0 Å². The predicted molar refractivity (Wildman–Crippen MR) is 74.7 cm³/mol. The van der Waals surface area contributed by atoms with Crippen LogP contribution in [0, 0.1) is 0 Å². The van der Waals surface area contributed by atoms with Crippen molar-refractivity contribution in [3.05, 3.63) is 23.3 Å². The van der Waals surface area contributed by atoms with Gasteiger partial charge >= 0.3 is 6.18 Å². The summed E-state index contributed by atoms with van der Waals surface area (Å²) in [5.74, 6) is -0.517. The Bertz CT molecular complexity index is 654. The number of carbonyl (C=O) groups excluding carboxylic acids is 1. The fourth-order valence-corrected chi connectivity index (χ4v) is 3.09. The van der Waals surface area contributed by atoms with Crippen LogP contribution in [0.2, 0.25) is 0 Å². The van der Waals surface area contributed by atoms with E-state index >= 15 is 0 Å². The Morgan fingerprint density at radius 1 is 1.50 bits per heavy atom. The van der Waals surface area contributed by atoms with Gasteiger partial charge in [0.2, 0.25) is 5.91 Å². The Balaban J connectivity index is 1.70. The number of nitrogens with zero attached hydrogens (tertiary/aromatic N) is 3. The minimum Gasteiger partial charge on any atom is -0.336 e. The van der Waals surface area contributed by atoms with Gasteiger partial charge in [-0.3, -0.25) is 9.89 Å². The van der Waals surface area contributed by atoms with Crippen LogP contribution in [0.4, 0.5) is 24.1 Å². The zero-order valence-electron chi connectivity index (χ0n) is 11.2. The van der Waals surface area contributed by atoms with E-state index < -0.39 is 17.9 Å². The van der Waals surface area contributed by atoms with E-state index in [1.165, 1.54) is 11.3 Å². The lowest BCUT2D eigenvalue weighted by molar-refractivity contribution is -0.141. The lowest BCUT2D eigenvalue weighted by Gasteiger charge is -2.22. The average molecular weight is 331 g/mol. The van der Waals surface area contributed by atoms with Gasteiger partial charge in [0.15, 0.2) is 10.9 Å². The van der Waals surface area contributed by atoms with Crippen LogP contribution in [0.3, 0.4) is 0 Å². The molecule has 1 unspecified atom stereocenters. The van der Waals surface area contributed by atoms with Crippen molar-refractivity contribution in [2.45, 2.75) is 25.1 Å². The molecule has 1 atom stereocenters. The first kappa shape index (κ1) is 14.8. The molecule has 22 heavy (non-hydrogen) atoms. The Morgan fingerprint density at radius 3 is 2.95 bits per heavy atom. The highest BCUT2D eigenvalue weighted by Crippen LogP contribution is 2.30. The minimum atomic E-state index is -4.52. The number of nitrogens with one attached hydrogen (secondary N) is 2. The maximum Gasteiger partial charge on any atom is 0.432 e. The van der Waals surface area contributed by atoms with Crippen molar-refractivity contribution in [2.75, 3.05) is 16.8 Å². The molecule has 0 spiro atoms. The van der Waals surface area contributed by atoms with Crippen LogP contribution in [0.1, 0.15) is 18.5 Å². The Kier molecular flexibility index (Phi) is 3.77. The summed E-state index contributed by atoms with van der Waals surface area (Å²) in [6.45, 7) is 0.694. The standard InChI is InChI=1S/C12H12F3N5OS/c13-12(14,15)8-6-9(19-18-8)17-10(21)7-2-1-4-20(7)11-16-3-5-22-11/h3,5-7H,1-2,4H2,(H2,17,18,19,21). The molecule has 118 valence electrons. The predicted octanol–water partition coefficient (Wildman–Crippen LogP) is 2.49. The van der Waals surface area contributed by atoms with Gasteiger partial charge in [0.1, 0.15) is 11.7 Å². The number of hydrogen-bond acceptors (Lipinski definition) is 5. The number of halogens is 3. The van der Waals surface area contributed by atoms with E-state index in [0.717, 1.165) is 17.6 Å². The maximum atomic E-state index is 12.5. The van der Waals surface area contributed by atoms with Crippen LogP contribution in [-0.2, 0) is 11.0 Å². The molecule has 0 radical (unpaired) electrons. The number of hydrogen-bond donors (Lipinski definition) is 2. The number of thiazole rings is 1. The molecule has 6 nitrogen and oxygen atoms in total. The van der Waals surface area contributed by atoms with Gasteiger partial charge in [0, 0.05) is 24.2 Å². The van der Waals surface area contributed by atoms with Crippen molar-refractivity contribution in [1.29, 1.82) is 0 Å². The highest BCUT2D eigenvalue weighted by molar-refractivity contribution is 7.13. The maximum absolute atomic E-state index is 12.5. The quantitative estimate of drug-likeness (QED) is 0.906. The molecule has 0 bridgehead atoms. The van der Waals surface area contributed by atoms with Gasteiger partial charge in [-0.2, -0.15) is 18.3 Å². The molecular formula is C12H12F3N5OS. The third-order valence-electron chi connectivity index (χ3n) is 3.35. The summed E-state index contributed by atoms with van der Waals surface area (Å²) in [7, 11) is 0. The topological polar surface area (TPSA) is 73.9 Å². The van der Waals surface area contributed by atoms with Crippen molar-refractivity contribution in [3.63, 3.8) is 0 Å². The van der Waals surface area contributed by atoms with Gasteiger partial charge in [-0.25, -0.2) is 4.98 Å². The second kappa shape index (κ2) is 5.59. The second-order valence-electron chi connectivity index (χ2n) is 4.82. The number of carbonyl (C=O) groups is 1. The summed E-state index contributed by atoms with van der Waals surface area (Å²) in [5.41, 5.74) is -0.994. The Morgan fingerprint density at radius 2 is 2.32 bits per heavy atom. The third-order valence-corrected chi connectivity index (χ3v) is 4.16. The molecule has 1 aliphatic heterocycles. The molecule has 0 aliphatic carbocycles. The van der Waals surface area contributed by atoms with E-state index in [1.54, 1.807) is 6.20 Å². The first-order valence-corrected chi connectivity index (χ1v) is 7.43. The Labute approximate surface area is 127 Å². The molecule has 3 heterocycles. The summed E-state index contributed by atoms with van der Waals surface area (Å²) in [6.07, 6.45) is -1.42. The molecule has 0 aromatic carbocycles. The van der Waals surface area contributed by atoms with Crippen molar-refractivity contribution in [1.82, 2.24) is 15.2 Å². The molecule has 2 aromatic rings. The van der Waals surface area contributed by atoms with Crippen LogP contribution >= 0.6 is 11.3 Å². The van der Waals surface area contributed by atoms with Gasteiger partial charge in [0.25, 0.3) is 0 Å². The summed E-state index contributed by atoms with van der Waals surface area (Å²) in [6, 6.07) is 0.331. The number of H-pyrrole nitrogens is 1. The lowest BCUT2D eigenvalue weighted by atomic mass is 10.2. The monoisotopic (exact) mass is 331 g/mol. The molecule has 10 heteroatoms. The number of amides is 1. The van der Waals surface area contributed by atoms with Gasteiger partial charge in [-0.05, 0) is 12.8 Å². The van der Waals surface area contributed by atoms with Crippen LogP contribution in [0.5, 0.6) is 0 Å². The van der Waals surface area contributed by atoms with Crippen LogP contribution in [0.15, 0.2) is 17.6 Å². The average Bonchev–Trinajstić information content (AvgIpc) is 3.18.